The number of nitrogens with zero attached hydrogens (tertiary/aromatic N) is 3. The van der Waals surface area contributed by atoms with E-state index >= 15 is 0 Å². The van der Waals surface area contributed by atoms with Crippen LogP contribution >= 0.6 is 0 Å². The minimum absolute atomic E-state index is 0.103. The van der Waals surface area contributed by atoms with E-state index in [-0.39, 0.29) is 24.1 Å². The van der Waals surface area contributed by atoms with Crippen LogP contribution in [0.4, 0.5) is 0 Å². The summed E-state index contributed by atoms with van der Waals surface area (Å²) in [6.07, 6.45) is 1.58. The molecule has 0 spiro atoms. The Morgan fingerprint density at radius 2 is 2.04 bits per heavy atom. The van der Waals surface area contributed by atoms with E-state index in [0.29, 0.717) is 30.3 Å². The van der Waals surface area contributed by atoms with Gasteiger partial charge in [0.25, 0.3) is 11.8 Å². The molecule has 0 aliphatic rings. The van der Waals surface area contributed by atoms with Crippen molar-refractivity contribution in [1.29, 1.82) is 0 Å². The zero-order chi connectivity index (χ0) is 18.7. The molecular weight excluding hydrogens is 334 g/mol. The molecule has 3 rings (SSSR count). The second-order valence-electron chi connectivity index (χ2n) is 5.81. The number of aromatic nitrogens is 3. The summed E-state index contributed by atoms with van der Waals surface area (Å²) in [6, 6.07) is 5.21. The van der Waals surface area contributed by atoms with Gasteiger partial charge in [0.1, 0.15) is 5.76 Å². The molecule has 0 radical (unpaired) electrons. The number of carbonyl (C=O) groups is 2. The van der Waals surface area contributed by atoms with Gasteiger partial charge in [0.15, 0.2) is 5.69 Å². The molecule has 0 unspecified atom stereocenters. The Morgan fingerprint density at radius 3 is 2.77 bits per heavy atom. The quantitative estimate of drug-likeness (QED) is 0.706. The fraction of sp³-hybridized carbons (Fsp3) is 0.333. The third kappa shape index (κ3) is 3.44. The summed E-state index contributed by atoms with van der Waals surface area (Å²) in [4.78, 5) is 37.7. The number of fused-ring (bicyclic) bond motifs is 1. The molecule has 2 aromatic heterocycles. The summed E-state index contributed by atoms with van der Waals surface area (Å²) >= 11 is 0. The van der Waals surface area contributed by atoms with Crippen LogP contribution < -0.4 is 5.32 Å². The van der Waals surface area contributed by atoms with Crippen LogP contribution in [0.3, 0.4) is 0 Å². The van der Waals surface area contributed by atoms with E-state index in [1.54, 1.807) is 36.4 Å². The van der Waals surface area contributed by atoms with Crippen molar-refractivity contribution in [3.8, 4) is 0 Å². The average Bonchev–Trinajstić information content (AvgIpc) is 3.26. The molecule has 2 heterocycles. The zero-order valence-corrected chi connectivity index (χ0v) is 15.0. The van der Waals surface area contributed by atoms with E-state index in [1.165, 1.54) is 0 Å². The fourth-order valence-electron chi connectivity index (χ4n) is 2.72. The molecule has 2 N–H and O–H groups in total. The number of aromatic amines is 1. The topological polar surface area (TPSA) is 104 Å². The molecule has 0 atom stereocenters. The monoisotopic (exact) mass is 355 g/mol. The Kier molecular flexibility index (Phi) is 5.01. The number of nitrogens with one attached hydrogen (secondary N) is 2. The third-order valence-corrected chi connectivity index (χ3v) is 4.18. The molecular formula is C18H21N5O3. The summed E-state index contributed by atoms with van der Waals surface area (Å²) in [5, 5.41) is 2.75. The van der Waals surface area contributed by atoms with Crippen LogP contribution in [0.25, 0.3) is 11.0 Å². The van der Waals surface area contributed by atoms with Gasteiger partial charge in [-0.3, -0.25) is 9.59 Å². The highest BCUT2D eigenvalue weighted by molar-refractivity contribution is 5.97. The van der Waals surface area contributed by atoms with E-state index in [9.17, 15) is 9.59 Å². The summed E-state index contributed by atoms with van der Waals surface area (Å²) in [6.45, 7) is 6.82. The van der Waals surface area contributed by atoms with Crippen LogP contribution in [0.5, 0.6) is 0 Å². The maximum absolute atomic E-state index is 12.4. The van der Waals surface area contributed by atoms with Gasteiger partial charge in [0, 0.05) is 18.7 Å². The van der Waals surface area contributed by atoms with Gasteiger partial charge >= 0.3 is 0 Å². The van der Waals surface area contributed by atoms with Gasteiger partial charge in [-0.2, -0.15) is 0 Å². The first kappa shape index (κ1) is 17.7. The third-order valence-electron chi connectivity index (χ3n) is 4.18. The Labute approximate surface area is 150 Å². The van der Waals surface area contributed by atoms with Crippen molar-refractivity contribution in [3.05, 3.63) is 47.4 Å². The van der Waals surface area contributed by atoms with E-state index in [0.717, 1.165) is 11.0 Å². The number of amides is 2. The highest BCUT2D eigenvalue weighted by Gasteiger charge is 2.21. The molecule has 0 bridgehead atoms. The second kappa shape index (κ2) is 7.38. The van der Waals surface area contributed by atoms with Crippen LogP contribution in [0.1, 0.15) is 46.3 Å². The Hall–Kier alpha value is -3.16. The maximum Gasteiger partial charge on any atom is 0.276 e. The first-order valence-corrected chi connectivity index (χ1v) is 8.50. The second-order valence-corrected chi connectivity index (χ2v) is 5.81. The van der Waals surface area contributed by atoms with Crippen LogP contribution in [-0.4, -0.2) is 44.8 Å². The Bertz CT molecular complexity index is 939. The SMILES string of the molecule is CCN(CC)C(=O)c1nc(CNC(=O)c2ccc3nc[nH]c3c2)oc1C. The molecule has 0 saturated heterocycles. The number of H-pyrrole nitrogens is 1. The first-order valence-electron chi connectivity index (χ1n) is 8.50. The van der Waals surface area contributed by atoms with Crippen molar-refractivity contribution in [1.82, 2.24) is 25.2 Å². The molecule has 2 amide bonds. The van der Waals surface area contributed by atoms with E-state index in [2.05, 4.69) is 20.3 Å². The normalized spacial score (nSPS) is 10.9. The summed E-state index contributed by atoms with van der Waals surface area (Å²) in [5.41, 5.74) is 2.38. The number of rotatable bonds is 6. The van der Waals surface area contributed by atoms with Crippen LogP contribution in [-0.2, 0) is 6.54 Å². The predicted octanol–water partition coefficient (Wildman–Crippen LogP) is 2.27. The zero-order valence-electron chi connectivity index (χ0n) is 15.0. The molecule has 0 aliphatic carbocycles. The van der Waals surface area contributed by atoms with Gasteiger partial charge < -0.3 is 19.6 Å². The lowest BCUT2D eigenvalue weighted by Crippen LogP contribution is -2.31. The molecule has 0 saturated carbocycles. The number of benzene rings is 1. The molecule has 3 aromatic rings. The lowest BCUT2D eigenvalue weighted by molar-refractivity contribution is 0.0766. The first-order chi connectivity index (χ1) is 12.5. The van der Waals surface area contributed by atoms with Gasteiger partial charge in [-0.15, -0.1) is 0 Å². The highest BCUT2D eigenvalue weighted by atomic mass is 16.4. The number of hydrogen-bond donors (Lipinski definition) is 2. The highest BCUT2D eigenvalue weighted by Crippen LogP contribution is 2.14. The van der Waals surface area contributed by atoms with Crippen LogP contribution in [0, 0.1) is 6.92 Å². The molecule has 8 nitrogen and oxygen atoms in total. The average molecular weight is 355 g/mol. The van der Waals surface area contributed by atoms with Crippen molar-refractivity contribution in [2.45, 2.75) is 27.3 Å². The van der Waals surface area contributed by atoms with Gasteiger partial charge in [0.05, 0.1) is 23.9 Å². The number of aryl methyl sites for hydroxylation is 1. The molecule has 1 aromatic carbocycles. The van der Waals surface area contributed by atoms with E-state index in [1.807, 2.05) is 13.8 Å². The molecule has 0 aliphatic heterocycles. The van der Waals surface area contributed by atoms with Crippen molar-refractivity contribution in [2.75, 3.05) is 13.1 Å². The van der Waals surface area contributed by atoms with E-state index in [4.69, 9.17) is 4.42 Å². The van der Waals surface area contributed by atoms with E-state index < -0.39 is 0 Å². The predicted molar refractivity (Wildman–Crippen MR) is 95.8 cm³/mol. The van der Waals surface area contributed by atoms with Crippen LogP contribution in [0.2, 0.25) is 0 Å². The van der Waals surface area contributed by atoms with Gasteiger partial charge in [-0.25, -0.2) is 9.97 Å². The van der Waals surface area contributed by atoms with Gasteiger partial charge in [0.2, 0.25) is 5.89 Å². The van der Waals surface area contributed by atoms with Crippen molar-refractivity contribution < 1.29 is 14.0 Å². The standard InChI is InChI=1S/C18H21N5O3/c1-4-23(5-2)18(25)16-11(3)26-15(22-16)9-19-17(24)12-6-7-13-14(8-12)21-10-20-13/h6-8,10H,4-5,9H2,1-3H3,(H,19,24)(H,20,21). The maximum atomic E-state index is 12.4. The molecule has 26 heavy (non-hydrogen) atoms. The largest absolute Gasteiger partial charge is 0.443 e. The Morgan fingerprint density at radius 1 is 1.27 bits per heavy atom. The summed E-state index contributed by atoms with van der Waals surface area (Å²) < 4.78 is 5.53. The molecule has 136 valence electrons. The summed E-state index contributed by atoms with van der Waals surface area (Å²) in [5.74, 6) is 0.325. The molecule has 8 heteroatoms. The Balaban J connectivity index is 1.68. The van der Waals surface area contributed by atoms with Gasteiger partial charge in [-0.05, 0) is 39.0 Å². The van der Waals surface area contributed by atoms with Crippen molar-refractivity contribution in [3.63, 3.8) is 0 Å². The smallest absolute Gasteiger partial charge is 0.276 e. The minimum Gasteiger partial charge on any atom is -0.443 e. The minimum atomic E-state index is -0.256. The fourth-order valence-corrected chi connectivity index (χ4v) is 2.72. The van der Waals surface area contributed by atoms with Crippen molar-refractivity contribution >= 4 is 22.8 Å². The summed E-state index contributed by atoms with van der Waals surface area (Å²) in [7, 11) is 0. The number of oxazole rings is 1. The lowest BCUT2D eigenvalue weighted by atomic mass is 10.2. The lowest BCUT2D eigenvalue weighted by Gasteiger charge is -2.16. The van der Waals surface area contributed by atoms with Crippen molar-refractivity contribution in [2.24, 2.45) is 0 Å². The number of carbonyl (C=O) groups excluding carboxylic acids is 2. The van der Waals surface area contributed by atoms with Crippen LogP contribution in [0.15, 0.2) is 28.9 Å². The number of imidazole rings is 1. The number of hydrogen-bond acceptors (Lipinski definition) is 5. The van der Waals surface area contributed by atoms with Gasteiger partial charge in [-0.1, -0.05) is 0 Å². The molecule has 0 fully saturated rings.